The van der Waals surface area contributed by atoms with Crippen LogP contribution in [0.1, 0.15) is 28.8 Å². The summed E-state index contributed by atoms with van der Waals surface area (Å²) < 4.78 is 0. The van der Waals surface area contributed by atoms with Gasteiger partial charge in [0.2, 0.25) is 5.91 Å². The van der Waals surface area contributed by atoms with Crippen molar-refractivity contribution in [1.29, 1.82) is 0 Å². The maximum Gasteiger partial charge on any atom is 0.243 e. The van der Waals surface area contributed by atoms with Crippen LogP contribution in [0.15, 0.2) is 46.8 Å². The first-order valence-corrected chi connectivity index (χ1v) is 11.9. The molecule has 32 heavy (non-hydrogen) atoms. The molecule has 6 nitrogen and oxygen atoms in total. The molecule has 1 aromatic carbocycles. The predicted molar refractivity (Wildman–Crippen MR) is 145 cm³/mol. The molecule has 1 fully saturated rings. The summed E-state index contributed by atoms with van der Waals surface area (Å²) in [6.07, 6.45) is 3.09. The average Bonchev–Trinajstić information content (AvgIpc) is 3.28. The van der Waals surface area contributed by atoms with Gasteiger partial charge < -0.3 is 15.5 Å². The van der Waals surface area contributed by atoms with Crippen molar-refractivity contribution in [2.45, 2.75) is 38.8 Å². The number of aryl methyl sites for hydroxylation is 1. The zero-order valence-electron chi connectivity index (χ0n) is 19.3. The second kappa shape index (κ2) is 13.8. The highest BCUT2D eigenvalue weighted by Gasteiger charge is 2.20. The van der Waals surface area contributed by atoms with Crippen LogP contribution in [0.4, 0.5) is 0 Å². The molecule has 2 heterocycles. The molecule has 1 saturated heterocycles. The Morgan fingerprint density at radius 1 is 1.19 bits per heavy atom. The van der Waals surface area contributed by atoms with Crippen molar-refractivity contribution in [2.75, 3.05) is 40.3 Å². The number of likely N-dealkylation sites (N-methyl/N-ethyl adjacent to an activating group) is 1. The highest BCUT2D eigenvalue weighted by Crippen LogP contribution is 2.16. The molecule has 0 unspecified atom stereocenters. The third-order valence-corrected chi connectivity index (χ3v) is 6.63. The van der Waals surface area contributed by atoms with Gasteiger partial charge in [-0.05, 0) is 48.8 Å². The smallest absolute Gasteiger partial charge is 0.243 e. The standard InChI is InChI=1S/C24H35N5OS.HI/c1-19-7-4-5-8-20(19)18-29-14-11-21(12-15-29)27-24(26-17-23(30)28(2)3)25-13-10-22-9-6-16-31-22;/h4-9,16,21H,10-15,17-18H2,1-3H3,(H2,25,26,27);1H. The number of nitrogens with zero attached hydrogens (tertiary/aromatic N) is 3. The van der Waals surface area contributed by atoms with Gasteiger partial charge in [0.15, 0.2) is 5.96 Å². The van der Waals surface area contributed by atoms with Gasteiger partial charge in [-0.15, -0.1) is 35.3 Å². The topological polar surface area (TPSA) is 60.0 Å². The van der Waals surface area contributed by atoms with Crippen molar-refractivity contribution in [3.05, 3.63) is 57.8 Å². The SMILES string of the molecule is Cc1ccccc1CN1CCC(NC(=NCC(=O)N(C)C)NCCc2cccs2)CC1.I. The molecule has 3 rings (SSSR count). The minimum Gasteiger partial charge on any atom is -0.356 e. The number of benzene rings is 1. The first-order chi connectivity index (χ1) is 15.0. The maximum absolute atomic E-state index is 12.0. The lowest BCUT2D eigenvalue weighted by molar-refractivity contribution is -0.127. The van der Waals surface area contributed by atoms with E-state index in [1.807, 2.05) is 0 Å². The van der Waals surface area contributed by atoms with Crippen LogP contribution >= 0.6 is 35.3 Å². The third kappa shape index (κ3) is 8.71. The summed E-state index contributed by atoms with van der Waals surface area (Å²) in [7, 11) is 3.53. The Kier molecular flexibility index (Phi) is 11.5. The molecule has 0 bridgehead atoms. The molecular formula is C24H36IN5OS. The van der Waals surface area contributed by atoms with E-state index in [-0.39, 0.29) is 36.4 Å². The van der Waals surface area contributed by atoms with Crippen LogP contribution in [0.2, 0.25) is 0 Å². The number of rotatable bonds is 8. The van der Waals surface area contributed by atoms with Gasteiger partial charge in [-0.2, -0.15) is 0 Å². The normalized spacial score (nSPS) is 15.2. The summed E-state index contributed by atoms with van der Waals surface area (Å²) in [5, 5.41) is 9.09. The van der Waals surface area contributed by atoms with Gasteiger partial charge in [-0.25, -0.2) is 4.99 Å². The summed E-state index contributed by atoms with van der Waals surface area (Å²) in [5.41, 5.74) is 2.77. The molecule has 0 radical (unpaired) electrons. The lowest BCUT2D eigenvalue weighted by Crippen LogP contribution is -2.49. The van der Waals surface area contributed by atoms with E-state index in [2.05, 4.69) is 69.2 Å². The molecule has 2 N–H and O–H groups in total. The quantitative estimate of drug-likeness (QED) is 0.291. The minimum absolute atomic E-state index is 0. The van der Waals surface area contributed by atoms with Gasteiger partial charge in [0, 0.05) is 51.2 Å². The van der Waals surface area contributed by atoms with Gasteiger partial charge in [0.1, 0.15) is 6.54 Å². The fraction of sp³-hybridized carbons (Fsp3) is 0.500. The number of piperidine rings is 1. The Balaban J connectivity index is 0.00000363. The number of thiophene rings is 1. The Bertz CT molecular complexity index is 848. The van der Waals surface area contributed by atoms with Crippen LogP contribution in [0.3, 0.4) is 0 Å². The Labute approximate surface area is 213 Å². The number of carbonyl (C=O) groups is 1. The zero-order chi connectivity index (χ0) is 22.1. The molecule has 1 aliphatic heterocycles. The van der Waals surface area contributed by atoms with Crippen molar-refractivity contribution in [3.63, 3.8) is 0 Å². The van der Waals surface area contributed by atoms with E-state index in [1.165, 1.54) is 16.0 Å². The molecule has 0 atom stereocenters. The van der Waals surface area contributed by atoms with Gasteiger partial charge in [0.25, 0.3) is 0 Å². The molecular weight excluding hydrogens is 533 g/mol. The van der Waals surface area contributed by atoms with Crippen molar-refractivity contribution < 1.29 is 4.79 Å². The van der Waals surface area contributed by atoms with Crippen molar-refractivity contribution in [2.24, 2.45) is 4.99 Å². The molecule has 1 aromatic heterocycles. The fourth-order valence-corrected chi connectivity index (χ4v) is 4.37. The fourth-order valence-electron chi connectivity index (χ4n) is 3.66. The Morgan fingerprint density at radius 3 is 2.59 bits per heavy atom. The highest BCUT2D eigenvalue weighted by molar-refractivity contribution is 14.0. The second-order valence-corrected chi connectivity index (χ2v) is 9.36. The number of hydrogen-bond acceptors (Lipinski definition) is 4. The number of hydrogen-bond donors (Lipinski definition) is 2. The van der Waals surface area contributed by atoms with Gasteiger partial charge in [-0.3, -0.25) is 9.69 Å². The van der Waals surface area contributed by atoms with E-state index < -0.39 is 0 Å². The molecule has 1 aliphatic rings. The lowest BCUT2D eigenvalue weighted by Gasteiger charge is -2.33. The monoisotopic (exact) mass is 569 g/mol. The van der Waals surface area contributed by atoms with Crippen LogP contribution < -0.4 is 10.6 Å². The van der Waals surface area contributed by atoms with Crippen LogP contribution in [0.5, 0.6) is 0 Å². The molecule has 0 saturated carbocycles. The van der Waals surface area contributed by atoms with E-state index in [9.17, 15) is 4.79 Å². The van der Waals surface area contributed by atoms with Crippen molar-refractivity contribution in [3.8, 4) is 0 Å². The second-order valence-electron chi connectivity index (χ2n) is 8.33. The van der Waals surface area contributed by atoms with Gasteiger partial charge in [0.05, 0.1) is 0 Å². The average molecular weight is 570 g/mol. The summed E-state index contributed by atoms with van der Waals surface area (Å²) >= 11 is 1.77. The maximum atomic E-state index is 12.0. The largest absolute Gasteiger partial charge is 0.356 e. The Morgan fingerprint density at radius 2 is 1.94 bits per heavy atom. The predicted octanol–water partition coefficient (Wildman–Crippen LogP) is 3.51. The van der Waals surface area contributed by atoms with E-state index in [0.29, 0.717) is 6.04 Å². The highest BCUT2D eigenvalue weighted by atomic mass is 127. The Hall–Kier alpha value is -1.65. The van der Waals surface area contributed by atoms with E-state index >= 15 is 0 Å². The van der Waals surface area contributed by atoms with Crippen molar-refractivity contribution >= 4 is 47.2 Å². The van der Waals surface area contributed by atoms with Crippen LogP contribution in [-0.4, -0.2) is 68.0 Å². The van der Waals surface area contributed by atoms with Crippen LogP contribution in [0, 0.1) is 6.92 Å². The first kappa shape index (κ1) is 26.6. The summed E-state index contributed by atoms with van der Waals surface area (Å²) in [6.45, 7) is 6.28. The lowest BCUT2D eigenvalue weighted by atomic mass is 10.0. The number of carbonyl (C=O) groups excluding carboxylic acids is 1. The molecule has 8 heteroatoms. The van der Waals surface area contributed by atoms with E-state index in [0.717, 1.165) is 51.4 Å². The first-order valence-electron chi connectivity index (χ1n) is 11.1. The van der Waals surface area contributed by atoms with Gasteiger partial charge >= 0.3 is 0 Å². The summed E-state index contributed by atoms with van der Waals surface area (Å²) in [4.78, 5) is 22.0. The molecule has 176 valence electrons. The number of nitrogens with one attached hydrogen (secondary N) is 2. The number of amides is 1. The number of guanidine groups is 1. The summed E-state index contributed by atoms with van der Waals surface area (Å²) in [5.74, 6) is 0.747. The van der Waals surface area contributed by atoms with E-state index in [1.54, 1.807) is 30.3 Å². The third-order valence-electron chi connectivity index (χ3n) is 5.70. The van der Waals surface area contributed by atoms with Crippen molar-refractivity contribution in [1.82, 2.24) is 20.4 Å². The number of halogens is 1. The molecule has 1 amide bonds. The summed E-state index contributed by atoms with van der Waals surface area (Å²) in [6, 6.07) is 13.2. The number of likely N-dealkylation sites (tertiary alicyclic amines) is 1. The molecule has 2 aromatic rings. The molecule has 0 aliphatic carbocycles. The van der Waals surface area contributed by atoms with Crippen LogP contribution in [0.25, 0.3) is 0 Å². The van der Waals surface area contributed by atoms with Crippen LogP contribution in [-0.2, 0) is 17.8 Å². The minimum atomic E-state index is 0. The van der Waals surface area contributed by atoms with Gasteiger partial charge in [-0.1, -0.05) is 30.3 Å². The number of aliphatic imine (C=N–C) groups is 1. The van der Waals surface area contributed by atoms with E-state index in [4.69, 9.17) is 0 Å². The molecule has 0 spiro atoms. The zero-order valence-corrected chi connectivity index (χ0v) is 22.5.